The van der Waals surface area contributed by atoms with Crippen molar-refractivity contribution in [3.8, 4) is 0 Å². The second-order valence-electron chi connectivity index (χ2n) is 4.53. The molecule has 0 spiro atoms. The van der Waals surface area contributed by atoms with E-state index in [1.807, 2.05) is 13.8 Å². The molecule has 0 aromatic carbocycles. The number of carbonyl (C=O) groups is 2. The molecular weight excluding hydrogens is 260 g/mol. The van der Waals surface area contributed by atoms with Crippen LogP contribution >= 0.6 is 0 Å². The fraction of sp³-hybridized carbons (Fsp3) is 0.385. The summed E-state index contributed by atoms with van der Waals surface area (Å²) in [4.78, 5) is 28.9. The van der Waals surface area contributed by atoms with Gasteiger partial charge in [0.25, 0.3) is 5.91 Å². The van der Waals surface area contributed by atoms with E-state index in [1.165, 1.54) is 15.6 Å². The summed E-state index contributed by atoms with van der Waals surface area (Å²) in [6.07, 6.45) is 5.34. The number of carbonyl (C=O) groups excluding carboxylic acids is 1. The van der Waals surface area contributed by atoms with Gasteiger partial charge in [-0.25, -0.2) is 9.50 Å². The van der Waals surface area contributed by atoms with Gasteiger partial charge in [0.05, 0.1) is 6.20 Å². The van der Waals surface area contributed by atoms with E-state index in [0.717, 1.165) is 0 Å². The lowest BCUT2D eigenvalue weighted by Gasteiger charge is -2.26. The molecule has 0 aliphatic heterocycles. The first-order valence-corrected chi connectivity index (χ1v) is 6.35. The number of aromatic nitrogens is 3. The molecule has 0 saturated heterocycles. The standard InChI is InChI=1S/C13H16N4O3/c1-3-9(2)16(8-11(18)19)13(20)10-7-15-17-6-4-5-14-12(10)17/h4-7,9H,3,8H2,1-2H3,(H,18,19). The highest BCUT2D eigenvalue weighted by Gasteiger charge is 2.25. The minimum atomic E-state index is -1.04. The summed E-state index contributed by atoms with van der Waals surface area (Å²) in [5.41, 5.74) is 0.739. The fourth-order valence-corrected chi connectivity index (χ4v) is 1.93. The van der Waals surface area contributed by atoms with Crippen molar-refractivity contribution in [1.82, 2.24) is 19.5 Å². The summed E-state index contributed by atoms with van der Waals surface area (Å²) >= 11 is 0. The van der Waals surface area contributed by atoms with Crippen LogP contribution in [-0.4, -0.2) is 49.1 Å². The highest BCUT2D eigenvalue weighted by molar-refractivity contribution is 6.00. The molecule has 0 fully saturated rings. The second-order valence-corrected chi connectivity index (χ2v) is 4.53. The number of amides is 1. The normalized spacial score (nSPS) is 12.3. The summed E-state index contributed by atoms with van der Waals surface area (Å²) in [5.74, 6) is -1.40. The van der Waals surface area contributed by atoms with Gasteiger partial charge >= 0.3 is 5.97 Å². The number of carboxylic acids is 1. The molecule has 7 nitrogen and oxygen atoms in total. The van der Waals surface area contributed by atoms with Gasteiger partial charge in [-0.2, -0.15) is 5.10 Å². The zero-order valence-corrected chi connectivity index (χ0v) is 11.4. The molecule has 0 saturated carbocycles. The van der Waals surface area contributed by atoms with Crippen molar-refractivity contribution in [2.45, 2.75) is 26.3 Å². The van der Waals surface area contributed by atoms with Crippen molar-refractivity contribution in [2.24, 2.45) is 0 Å². The Morgan fingerprint density at radius 1 is 1.50 bits per heavy atom. The summed E-state index contributed by atoms with van der Waals surface area (Å²) in [5, 5.41) is 13.0. The molecule has 1 N–H and O–H groups in total. The van der Waals surface area contributed by atoms with Crippen molar-refractivity contribution in [1.29, 1.82) is 0 Å². The Bertz CT molecular complexity index is 637. The van der Waals surface area contributed by atoms with Crippen LogP contribution in [-0.2, 0) is 4.79 Å². The van der Waals surface area contributed by atoms with E-state index in [-0.39, 0.29) is 18.5 Å². The summed E-state index contributed by atoms with van der Waals surface area (Å²) in [6.45, 7) is 3.39. The predicted molar refractivity (Wildman–Crippen MR) is 71.4 cm³/mol. The monoisotopic (exact) mass is 276 g/mol. The molecule has 20 heavy (non-hydrogen) atoms. The fourth-order valence-electron chi connectivity index (χ4n) is 1.93. The summed E-state index contributed by atoms with van der Waals surface area (Å²) in [6, 6.07) is 1.54. The molecule has 106 valence electrons. The topological polar surface area (TPSA) is 87.8 Å². The molecule has 2 aromatic rings. The van der Waals surface area contributed by atoms with Crippen LogP contribution in [0.15, 0.2) is 24.7 Å². The van der Waals surface area contributed by atoms with Crippen molar-refractivity contribution in [3.63, 3.8) is 0 Å². The van der Waals surface area contributed by atoms with E-state index < -0.39 is 5.97 Å². The average Bonchev–Trinajstić information content (AvgIpc) is 2.87. The number of hydrogen-bond acceptors (Lipinski definition) is 4. The van der Waals surface area contributed by atoms with Gasteiger partial charge in [0.2, 0.25) is 0 Å². The maximum atomic E-state index is 12.5. The van der Waals surface area contributed by atoms with E-state index in [9.17, 15) is 9.59 Å². The molecule has 7 heteroatoms. The Balaban J connectivity index is 2.38. The van der Waals surface area contributed by atoms with Crippen LogP contribution in [0.1, 0.15) is 30.6 Å². The van der Waals surface area contributed by atoms with Crippen molar-refractivity contribution in [3.05, 3.63) is 30.2 Å². The molecule has 1 atom stereocenters. The van der Waals surface area contributed by atoms with Gasteiger partial charge in [0, 0.05) is 18.4 Å². The molecule has 2 heterocycles. The first kappa shape index (κ1) is 14.0. The van der Waals surface area contributed by atoms with E-state index in [0.29, 0.717) is 17.6 Å². The lowest BCUT2D eigenvalue weighted by molar-refractivity contribution is -0.138. The molecule has 0 bridgehead atoms. The molecule has 0 aliphatic rings. The Hall–Kier alpha value is -2.44. The van der Waals surface area contributed by atoms with E-state index >= 15 is 0 Å². The lowest BCUT2D eigenvalue weighted by atomic mass is 10.2. The van der Waals surface area contributed by atoms with Crippen LogP contribution in [0.3, 0.4) is 0 Å². The van der Waals surface area contributed by atoms with E-state index in [1.54, 1.807) is 18.5 Å². The SMILES string of the molecule is CCC(C)N(CC(=O)O)C(=O)c1cnn2cccnc12. The van der Waals surface area contributed by atoms with E-state index in [2.05, 4.69) is 10.1 Å². The zero-order chi connectivity index (χ0) is 14.7. The number of rotatable bonds is 5. The molecule has 1 amide bonds. The van der Waals surface area contributed by atoms with Gasteiger partial charge in [-0.1, -0.05) is 6.92 Å². The number of aliphatic carboxylic acids is 1. The van der Waals surface area contributed by atoms with Crippen molar-refractivity contribution >= 4 is 17.5 Å². The third-order valence-electron chi connectivity index (χ3n) is 3.20. The summed E-state index contributed by atoms with van der Waals surface area (Å²) in [7, 11) is 0. The molecule has 0 radical (unpaired) electrons. The second kappa shape index (κ2) is 5.68. The van der Waals surface area contributed by atoms with Crippen LogP contribution in [0.4, 0.5) is 0 Å². The largest absolute Gasteiger partial charge is 0.480 e. The third kappa shape index (κ3) is 2.61. The van der Waals surface area contributed by atoms with Gasteiger partial charge in [-0.15, -0.1) is 0 Å². The van der Waals surface area contributed by atoms with Crippen molar-refractivity contribution in [2.75, 3.05) is 6.54 Å². The first-order chi connectivity index (χ1) is 9.54. The Morgan fingerprint density at radius 2 is 2.25 bits per heavy atom. The highest BCUT2D eigenvalue weighted by atomic mass is 16.4. The van der Waals surface area contributed by atoms with Crippen LogP contribution < -0.4 is 0 Å². The van der Waals surface area contributed by atoms with Gasteiger partial charge in [-0.3, -0.25) is 9.59 Å². The quantitative estimate of drug-likeness (QED) is 0.882. The number of carboxylic acid groups (broad SMARTS) is 1. The minimum absolute atomic E-state index is 0.169. The highest BCUT2D eigenvalue weighted by Crippen LogP contribution is 2.14. The van der Waals surface area contributed by atoms with Crippen molar-refractivity contribution < 1.29 is 14.7 Å². The van der Waals surface area contributed by atoms with E-state index in [4.69, 9.17) is 5.11 Å². The van der Waals surface area contributed by atoms with Crippen LogP contribution in [0, 0.1) is 0 Å². The minimum Gasteiger partial charge on any atom is -0.480 e. The van der Waals surface area contributed by atoms with Crippen LogP contribution in [0.25, 0.3) is 5.65 Å². The maximum absolute atomic E-state index is 12.5. The molecule has 1 unspecified atom stereocenters. The third-order valence-corrected chi connectivity index (χ3v) is 3.20. The Morgan fingerprint density at radius 3 is 2.90 bits per heavy atom. The molecular formula is C13H16N4O3. The molecule has 0 aliphatic carbocycles. The zero-order valence-electron chi connectivity index (χ0n) is 11.4. The Kier molecular flexibility index (Phi) is 3.97. The van der Waals surface area contributed by atoms with Gasteiger partial charge in [-0.05, 0) is 19.4 Å². The molecule has 2 aromatic heterocycles. The number of fused-ring (bicyclic) bond motifs is 1. The smallest absolute Gasteiger partial charge is 0.323 e. The number of hydrogen-bond donors (Lipinski definition) is 1. The first-order valence-electron chi connectivity index (χ1n) is 6.35. The van der Waals surface area contributed by atoms with Gasteiger partial charge in [0.15, 0.2) is 5.65 Å². The van der Waals surface area contributed by atoms with Gasteiger partial charge in [0.1, 0.15) is 12.1 Å². The summed E-state index contributed by atoms with van der Waals surface area (Å²) < 4.78 is 1.49. The average molecular weight is 276 g/mol. The lowest BCUT2D eigenvalue weighted by Crippen LogP contribution is -2.41. The van der Waals surface area contributed by atoms with Crippen LogP contribution in [0.5, 0.6) is 0 Å². The maximum Gasteiger partial charge on any atom is 0.323 e. The van der Waals surface area contributed by atoms with Crippen LogP contribution in [0.2, 0.25) is 0 Å². The Labute approximate surface area is 115 Å². The predicted octanol–water partition coefficient (Wildman–Crippen LogP) is 1.05. The van der Waals surface area contributed by atoms with Gasteiger partial charge < -0.3 is 10.0 Å². The number of nitrogens with zero attached hydrogens (tertiary/aromatic N) is 4. The molecule has 2 rings (SSSR count).